The van der Waals surface area contributed by atoms with E-state index in [2.05, 4.69) is 5.32 Å². The molecule has 1 N–H and O–H groups in total. The van der Waals surface area contributed by atoms with Gasteiger partial charge in [0, 0.05) is 12.6 Å². The maximum absolute atomic E-state index is 14.2. The number of carbonyl (C=O) groups excluding carboxylic acids is 2. The van der Waals surface area contributed by atoms with Crippen LogP contribution in [0.15, 0.2) is 71.6 Å². The van der Waals surface area contributed by atoms with Gasteiger partial charge in [-0.3, -0.25) is 13.9 Å². The van der Waals surface area contributed by atoms with Crippen LogP contribution in [0.5, 0.6) is 0 Å². The van der Waals surface area contributed by atoms with Gasteiger partial charge in [-0.05, 0) is 88.4 Å². The second-order valence-corrected chi connectivity index (χ2v) is 12.5. The molecule has 0 aliphatic rings. The van der Waals surface area contributed by atoms with Gasteiger partial charge in [0.1, 0.15) is 12.6 Å². The number of rotatable bonds is 11. The Balaban J connectivity index is 2.12. The molecule has 3 aromatic rings. The van der Waals surface area contributed by atoms with Crippen LogP contribution in [0.4, 0.5) is 5.69 Å². The molecule has 0 bridgehead atoms. The van der Waals surface area contributed by atoms with Gasteiger partial charge < -0.3 is 10.2 Å². The third kappa shape index (κ3) is 7.30. The number of hydrogen-bond acceptors (Lipinski definition) is 4. The van der Waals surface area contributed by atoms with Crippen LogP contribution in [0.2, 0.25) is 0 Å². The average Bonchev–Trinajstić information content (AvgIpc) is 2.89. The molecule has 40 heavy (non-hydrogen) atoms. The van der Waals surface area contributed by atoms with Crippen LogP contribution in [0, 0.1) is 27.7 Å². The number of benzene rings is 3. The molecule has 0 saturated carbocycles. The molecule has 0 heterocycles. The Bertz CT molecular complexity index is 1450. The van der Waals surface area contributed by atoms with Crippen molar-refractivity contribution in [1.82, 2.24) is 10.2 Å². The first-order valence-electron chi connectivity index (χ1n) is 13.7. The number of amides is 2. The molecule has 0 aliphatic heterocycles. The maximum atomic E-state index is 14.2. The van der Waals surface area contributed by atoms with Gasteiger partial charge in [0.25, 0.3) is 10.0 Å². The van der Waals surface area contributed by atoms with Crippen LogP contribution >= 0.6 is 0 Å². The van der Waals surface area contributed by atoms with E-state index in [9.17, 15) is 18.0 Å². The summed E-state index contributed by atoms with van der Waals surface area (Å²) in [5.74, 6) is -0.718. The van der Waals surface area contributed by atoms with E-state index < -0.39 is 28.5 Å². The molecule has 3 aromatic carbocycles. The second-order valence-electron chi connectivity index (χ2n) is 10.7. The van der Waals surface area contributed by atoms with Crippen molar-refractivity contribution < 1.29 is 18.0 Å². The first kappa shape index (κ1) is 30.9. The van der Waals surface area contributed by atoms with Gasteiger partial charge in [0.2, 0.25) is 11.8 Å². The van der Waals surface area contributed by atoms with Crippen LogP contribution in [-0.2, 0) is 26.2 Å². The maximum Gasteiger partial charge on any atom is 0.264 e. The van der Waals surface area contributed by atoms with E-state index in [1.54, 1.807) is 30.3 Å². The quantitative estimate of drug-likeness (QED) is 0.336. The standard InChI is InChI=1S/C32H41N3O4S/c1-8-29(32(37)33-22(2)3)34(20-27-12-10-9-11-25(27)6)31(36)21-35(30-19-24(5)13-16-26(30)7)40(38,39)28-17-14-23(4)15-18-28/h9-19,22,29H,8,20-21H2,1-7H3,(H,33,37)/t29-/m1/s1. The summed E-state index contributed by atoms with van der Waals surface area (Å²) < 4.78 is 29.3. The Labute approximate surface area is 239 Å². The molecule has 1 atom stereocenters. The Kier molecular flexibility index (Phi) is 10.1. The number of nitrogens with one attached hydrogen (secondary N) is 1. The van der Waals surface area contributed by atoms with Crippen molar-refractivity contribution in [3.05, 3.63) is 94.5 Å². The lowest BCUT2D eigenvalue weighted by atomic mass is 10.1. The Morgan fingerprint density at radius 2 is 1.48 bits per heavy atom. The van der Waals surface area contributed by atoms with Gasteiger partial charge in [-0.1, -0.05) is 61.0 Å². The summed E-state index contributed by atoms with van der Waals surface area (Å²) in [6.45, 7) is 12.9. The molecule has 0 saturated heterocycles. The SMILES string of the molecule is CC[C@H](C(=O)NC(C)C)N(Cc1ccccc1C)C(=O)CN(c1cc(C)ccc1C)S(=O)(=O)c1ccc(C)cc1. The van der Waals surface area contributed by atoms with E-state index in [1.165, 1.54) is 9.21 Å². The molecule has 0 unspecified atom stereocenters. The summed E-state index contributed by atoms with van der Waals surface area (Å²) in [6, 6.07) is 19.0. The fourth-order valence-corrected chi connectivity index (χ4v) is 6.08. The largest absolute Gasteiger partial charge is 0.352 e. The highest BCUT2D eigenvalue weighted by Gasteiger charge is 2.34. The number of sulfonamides is 1. The zero-order chi connectivity index (χ0) is 29.6. The van der Waals surface area contributed by atoms with E-state index in [0.29, 0.717) is 12.1 Å². The van der Waals surface area contributed by atoms with E-state index in [4.69, 9.17) is 0 Å². The summed E-state index contributed by atoms with van der Waals surface area (Å²) in [6.07, 6.45) is 0.379. The number of aryl methyl sites for hydroxylation is 4. The van der Waals surface area contributed by atoms with Gasteiger partial charge in [-0.2, -0.15) is 0 Å². The summed E-state index contributed by atoms with van der Waals surface area (Å²) in [7, 11) is -4.11. The van der Waals surface area contributed by atoms with Gasteiger partial charge in [0.15, 0.2) is 0 Å². The van der Waals surface area contributed by atoms with Gasteiger partial charge in [0.05, 0.1) is 10.6 Å². The minimum Gasteiger partial charge on any atom is -0.352 e. The van der Waals surface area contributed by atoms with E-state index in [-0.39, 0.29) is 23.4 Å². The highest BCUT2D eigenvalue weighted by Crippen LogP contribution is 2.29. The van der Waals surface area contributed by atoms with E-state index in [1.807, 2.05) is 84.9 Å². The number of hydrogen-bond donors (Lipinski definition) is 1. The summed E-state index contributed by atoms with van der Waals surface area (Å²) in [5.41, 5.74) is 4.84. The molecule has 0 fully saturated rings. The fourth-order valence-electron chi connectivity index (χ4n) is 4.61. The summed E-state index contributed by atoms with van der Waals surface area (Å²) in [4.78, 5) is 29.1. The molecule has 214 valence electrons. The smallest absolute Gasteiger partial charge is 0.264 e. The van der Waals surface area contributed by atoms with E-state index >= 15 is 0 Å². The molecule has 0 spiro atoms. The predicted octanol–water partition coefficient (Wildman–Crippen LogP) is 5.45. The lowest BCUT2D eigenvalue weighted by Gasteiger charge is -2.34. The monoisotopic (exact) mass is 563 g/mol. The Morgan fingerprint density at radius 1 is 0.850 bits per heavy atom. The van der Waals surface area contributed by atoms with E-state index in [0.717, 1.165) is 27.8 Å². The lowest BCUT2D eigenvalue weighted by molar-refractivity contribution is -0.140. The van der Waals surface area contributed by atoms with Crippen molar-refractivity contribution >= 4 is 27.5 Å². The molecule has 0 aromatic heterocycles. The molecular weight excluding hydrogens is 522 g/mol. The first-order valence-corrected chi connectivity index (χ1v) is 15.1. The Hall–Kier alpha value is -3.65. The molecule has 3 rings (SSSR count). The van der Waals surface area contributed by atoms with Crippen LogP contribution < -0.4 is 9.62 Å². The molecule has 0 radical (unpaired) electrons. The number of anilines is 1. The molecule has 8 heteroatoms. The Morgan fingerprint density at radius 3 is 2.08 bits per heavy atom. The summed E-state index contributed by atoms with van der Waals surface area (Å²) in [5, 5.41) is 2.93. The minimum atomic E-state index is -4.11. The van der Waals surface area contributed by atoms with Gasteiger partial charge >= 0.3 is 0 Å². The molecule has 7 nitrogen and oxygen atoms in total. The second kappa shape index (κ2) is 13.1. The number of nitrogens with zero attached hydrogens (tertiary/aromatic N) is 2. The van der Waals surface area contributed by atoms with Crippen molar-refractivity contribution in [2.45, 2.75) is 78.4 Å². The zero-order valence-electron chi connectivity index (χ0n) is 24.6. The van der Waals surface area contributed by atoms with Crippen LogP contribution in [0.25, 0.3) is 0 Å². The highest BCUT2D eigenvalue weighted by molar-refractivity contribution is 7.92. The summed E-state index contributed by atoms with van der Waals surface area (Å²) >= 11 is 0. The minimum absolute atomic E-state index is 0.0989. The van der Waals surface area contributed by atoms with Crippen molar-refractivity contribution in [2.24, 2.45) is 0 Å². The van der Waals surface area contributed by atoms with Crippen LogP contribution in [0.3, 0.4) is 0 Å². The highest BCUT2D eigenvalue weighted by atomic mass is 32.2. The number of carbonyl (C=O) groups is 2. The molecular formula is C32H41N3O4S. The topological polar surface area (TPSA) is 86.8 Å². The molecule has 2 amide bonds. The first-order chi connectivity index (χ1) is 18.8. The normalized spacial score (nSPS) is 12.2. The van der Waals surface area contributed by atoms with Crippen LogP contribution in [-0.4, -0.2) is 43.8 Å². The third-order valence-electron chi connectivity index (χ3n) is 6.94. The van der Waals surface area contributed by atoms with Crippen molar-refractivity contribution in [1.29, 1.82) is 0 Å². The van der Waals surface area contributed by atoms with Gasteiger partial charge in [-0.25, -0.2) is 8.42 Å². The van der Waals surface area contributed by atoms with Crippen LogP contribution in [0.1, 0.15) is 55.0 Å². The lowest BCUT2D eigenvalue weighted by Crippen LogP contribution is -2.53. The van der Waals surface area contributed by atoms with Gasteiger partial charge in [-0.15, -0.1) is 0 Å². The third-order valence-corrected chi connectivity index (χ3v) is 8.71. The average molecular weight is 564 g/mol. The predicted molar refractivity (Wildman–Crippen MR) is 161 cm³/mol. The fraction of sp³-hybridized carbons (Fsp3) is 0.375. The zero-order valence-corrected chi connectivity index (χ0v) is 25.4. The van der Waals surface area contributed by atoms with Crippen molar-refractivity contribution in [3.8, 4) is 0 Å². The van der Waals surface area contributed by atoms with Crippen molar-refractivity contribution in [3.63, 3.8) is 0 Å². The van der Waals surface area contributed by atoms with Crippen molar-refractivity contribution in [2.75, 3.05) is 10.8 Å². The molecule has 0 aliphatic carbocycles.